The number of carbonyl (C=O) groups is 1. The van der Waals surface area contributed by atoms with E-state index in [1.807, 2.05) is 4.90 Å². The molecule has 0 atom stereocenters. The maximum atomic E-state index is 12.4. The average molecular weight is 472 g/mol. The van der Waals surface area contributed by atoms with Gasteiger partial charge in [0, 0.05) is 37.3 Å². The molecule has 0 radical (unpaired) electrons. The summed E-state index contributed by atoms with van der Waals surface area (Å²) < 4.78 is 47.3. The molecule has 0 N–H and O–H groups in total. The molecule has 2 heterocycles. The fraction of sp³-hybridized carbons (Fsp3) is 0.300. The van der Waals surface area contributed by atoms with E-state index >= 15 is 0 Å². The number of carbonyl (C=O) groups excluding carboxylic acids is 1. The van der Waals surface area contributed by atoms with Crippen LogP contribution < -0.4 is 14.4 Å². The first-order chi connectivity index (χ1) is 14.8. The summed E-state index contributed by atoms with van der Waals surface area (Å²) in [5.41, 5.74) is 0.601. The number of benzene rings is 2. The van der Waals surface area contributed by atoms with E-state index in [9.17, 15) is 18.0 Å². The third-order valence-corrected chi connectivity index (χ3v) is 5.99. The van der Waals surface area contributed by atoms with Gasteiger partial charge in [-0.3, -0.25) is 4.79 Å². The Morgan fingerprint density at radius 3 is 2.42 bits per heavy atom. The molecule has 0 spiro atoms. The number of halogens is 4. The van der Waals surface area contributed by atoms with Gasteiger partial charge in [0.1, 0.15) is 11.5 Å². The maximum absolute atomic E-state index is 12.4. The molecule has 0 aliphatic carbocycles. The summed E-state index contributed by atoms with van der Waals surface area (Å²) in [4.78, 5) is 20.6. The Hall–Kier alpha value is -2.72. The van der Waals surface area contributed by atoms with Gasteiger partial charge in [0.15, 0.2) is 11.7 Å². The van der Waals surface area contributed by atoms with Gasteiger partial charge in [0.2, 0.25) is 0 Å². The zero-order valence-corrected chi connectivity index (χ0v) is 17.6. The predicted molar refractivity (Wildman–Crippen MR) is 112 cm³/mol. The van der Waals surface area contributed by atoms with Crippen molar-refractivity contribution < 1.29 is 27.4 Å². The van der Waals surface area contributed by atoms with E-state index in [-0.39, 0.29) is 18.3 Å². The first-order valence-corrected chi connectivity index (χ1v) is 10.5. The van der Waals surface area contributed by atoms with Crippen molar-refractivity contribution in [2.45, 2.75) is 6.36 Å². The normalized spacial score (nSPS) is 14.7. The second-order valence-corrected chi connectivity index (χ2v) is 8.23. The van der Waals surface area contributed by atoms with E-state index < -0.39 is 6.36 Å². The molecule has 1 saturated heterocycles. The van der Waals surface area contributed by atoms with Crippen LogP contribution >= 0.6 is 22.9 Å². The van der Waals surface area contributed by atoms with Crippen molar-refractivity contribution in [1.82, 2.24) is 9.88 Å². The molecule has 1 aliphatic heterocycles. The third kappa shape index (κ3) is 5.50. The number of ether oxygens (including phenoxy) is 2. The van der Waals surface area contributed by atoms with Crippen molar-refractivity contribution in [2.75, 3.05) is 37.7 Å². The summed E-state index contributed by atoms with van der Waals surface area (Å²) in [5.74, 6) is 0.180. The van der Waals surface area contributed by atoms with E-state index in [4.69, 9.17) is 16.3 Å². The first-order valence-electron chi connectivity index (χ1n) is 9.34. The zero-order valence-electron chi connectivity index (χ0n) is 16.1. The van der Waals surface area contributed by atoms with Crippen LogP contribution in [0.15, 0.2) is 42.5 Å². The highest BCUT2D eigenvalue weighted by atomic mass is 35.5. The standard InChI is InChI=1S/C20H17ClF3N3O3S/c21-13-1-3-14(4-2-13)29-12-18(28)26-7-9-27(10-8-26)19-25-16-6-5-15(11-17(16)31-19)30-20(22,23)24/h1-6,11H,7-10,12H2. The van der Waals surface area contributed by atoms with Gasteiger partial charge < -0.3 is 19.3 Å². The van der Waals surface area contributed by atoms with E-state index in [2.05, 4.69) is 9.72 Å². The second kappa shape index (κ2) is 8.80. The highest BCUT2D eigenvalue weighted by Crippen LogP contribution is 2.33. The van der Waals surface area contributed by atoms with E-state index in [1.54, 1.807) is 29.2 Å². The van der Waals surface area contributed by atoms with Gasteiger partial charge in [-0.15, -0.1) is 13.2 Å². The Morgan fingerprint density at radius 1 is 1.06 bits per heavy atom. The van der Waals surface area contributed by atoms with Crippen molar-refractivity contribution in [1.29, 1.82) is 0 Å². The Morgan fingerprint density at radius 2 is 1.74 bits per heavy atom. The summed E-state index contributed by atoms with van der Waals surface area (Å²) in [7, 11) is 0. The summed E-state index contributed by atoms with van der Waals surface area (Å²) in [6, 6.07) is 10.9. The number of aromatic nitrogens is 1. The van der Waals surface area contributed by atoms with E-state index in [0.717, 1.165) is 0 Å². The van der Waals surface area contributed by atoms with Crippen LogP contribution in [0.2, 0.25) is 5.02 Å². The molecule has 1 amide bonds. The molecule has 1 aliphatic rings. The monoisotopic (exact) mass is 471 g/mol. The molecule has 31 heavy (non-hydrogen) atoms. The highest BCUT2D eigenvalue weighted by molar-refractivity contribution is 7.22. The fourth-order valence-corrected chi connectivity index (χ4v) is 4.31. The van der Waals surface area contributed by atoms with Gasteiger partial charge in [-0.05, 0) is 36.4 Å². The van der Waals surface area contributed by atoms with Crippen LogP contribution in [0.3, 0.4) is 0 Å². The molecule has 1 fully saturated rings. The number of rotatable bonds is 5. The summed E-state index contributed by atoms with van der Waals surface area (Å²) in [6.07, 6.45) is -4.73. The number of hydrogen-bond donors (Lipinski definition) is 0. The Balaban J connectivity index is 1.33. The molecule has 11 heteroatoms. The fourth-order valence-electron chi connectivity index (χ4n) is 3.14. The first kappa shape index (κ1) is 21.5. The number of amides is 1. The van der Waals surface area contributed by atoms with Crippen LogP contribution in [-0.2, 0) is 4.79 Å². The molecule has 164 valence electrons. The molecule has 0 bridgehead atoms. The number of fused-ring (bicyclic) bond motifs is 1. The van der Waals surface area contributed by atoms with Crippen LogP contribution in [0.5, 0.6) is 11.5 Å². The number of nitrogens with zero attached hydrogens (tertiary/aromatic N) is 3. The van der Waals surface area contributed by atoms with E-state index in [1.165, 1.54) is 29.5 Å². The predicted octanol–water partition coefficient (Wildman–Crippen LogP) is 4.58. The molecule has 4 rings (SSSR count). The smallest absolute Gasteiger partial charge is 0.484 e. The lowest BCUT2D eigenvalue weighted by Crippen LogP contribution is -2.50. The minimum atomic E-state index is -4.73. The Kier molecular flexibility index (Phi) is 6.10. The van der Waals surface area contributed by atoms with Crippen LogP contribution in [0, 0.1) is 0 Å². The van der Waals surface area contributed by atoms with Crippen LogP contribution in [0.4, 0.5) is 18.3 Å². The largest absolute Gasteiger partial charge is 0.573 e. The van der Waals surface area contributed by atoms with Gasteiger partial charge in [-0.25, -0.2) is 4.98 Å². The lowest BCUT2D eigenvalue weighted by molar-refractivity contribution is -0.274. The minimum absolute atomic E-state index is 0.0647. The van der Waals surface area contributed by atoms with Crippen LogP contribution in [0.1, 0.15) is 0 Å². The average Bonchev–Trinajstić information content (AvgIpc) is 3.15. The van der Waals surface area contributed by atoms with Gasteiger partial charge in [-0.1, -0.05) is 22.9 Å². The number of thiazole rings is 1. The molecule has 6 nitrogen and oxygen atoms in total. The molecule has 3 aromatic rings. The molecular weight excluding hydrogens is 455 g/mol. The number of alkyl halides is 3. The summed E-state index contributed by atoms with van der Waals surface area (Å²) >= 11 is 7.12. The summed E-state index contributed by atoms with van der Waals surface area (Å²) in [5, 5.41) is 1.29. The molecule has 0 unspecified atom stereocenters. The zero-order chi connectivity index (χ0) is 22.0. The van der Waals surface area contributed by atoms with Crippen molar-refractivity contribution in [3.63, 3.8) is 0 Å². The maximum Gasteiger partial charge on any atom is 0.573 e. The van der Waals surface area contributed by atoms with Crippen molar-refractivity contribution in [2.24, 2.45) is 0 Å². The number of hydrogen-bond acceptors (Lipinski definition) is 6. The lowest BCUT2D eigenvalue weighted by Gasteiger charge is -2.34. The van der Waals surface area contributed by atoms with Gasteiger partial charge in [0.05, 0.1) is 10.2 Å². The van der Waals surface area contributed by atoms with Crippen LogP contribution in [0.25, 0.3) is 10.2 Å². The Labute approximate surface area is 184 Å². The molecule has 2 aromatic carbocycles. The minimum Gasteiger partial charge on any atom is -0.484 e. The van der Waals surface area contributed by atoms with Gasteiger partial charge in [-0.2, -0.15) is 0 Å². The topological polar surface area (TPSA) is 54.9 Å². The van der Waals surface area contributed by atoms with Gasteiger partial charge >= 0.3 is 6.36 Å². The van der Waals surface area contributed by atoms with Crippen molar-refractivity contribution >= 4 is 44.2 Å². The van der Waals surface area contributed by atoms with Crippen molar-refractivity contribution in [3.8, 4) is 11.5 Å². The lowest BCUT2D eigenvalue weighted by atomic mass is 10.3. The van der Waals surface area contributed by atoms with Crippen molar-refractivity contribution in [3.05, 3.63) is 47.5 Å². The van der Waals surface area contributed by atoms with Gasteiger partial charge in [0.25, 0.3) is 5.91 Å². The molecular formula is C20H17ClF3N3O3S. The quantitative estimate of drug-likeness (QED) is 0.545. The van der Waals surface area contributed by atoms with E-state index in [0.29, 0.717) is 52.3 Å². The SMILES string of the molecule is O=C(COc1ccc(Cl)cc1)N1CCN(c2nc3ccc(OC(F)(F)F)cc3s2)CC1. The second-order valence-electron chi connectivity index (χ2n) is 6.78. The highest BCUT2D eigenvalue weighted by Gasteiger charge is 2.31. The Bertz CT molecular complexity index is 1070. The number of anilines is 1. The molecule has 0 saturated carbocycles. The molecule has 1 aromatic heterocycles. The van der Waals surface area contributed by atoms with Crippen LogP contribution in [-0.4, -0.2) is 54.9 Å². The summed E-state index contributed by atoms with van der Waals surface area (Å²) in [6.45, 7) is 2.07. The third-order valence-electron chi connectivity index (χ3n) is 4.66. The number of piperazine rings is 1.